The van der Waals surface area contributed by atoms with Crippen molar-refractivity contribution in [1.82, 2.24) is 10.2 Å². The number of ether oxygens (including phenoxy) is 1. The van der Waals surface area contributed by atoms with Gasteiger partial charge in [-0.15, -0.1) is 0 Å². The quantitative estimate of drug-likeness (QED) is 0.853. The first kappa shape index (κ1) is 16.6. The van der Waals surface area contributed by atoms with Crippen LogP contribution in [0.3, 0.4) is 0 Å². The van der Waals surface area contributed by atoms with Gasteiger partial charge in [0.25, 0.3) is 5.91 Å². The van der Waals surface area contributed by atoms with E-state index in [1.807, 2.05) is 37.2 Å². The average molecular weight is 367 g/mol. The highest BCUT2D eigenvalue weighted by Gasteiger charge is 2.19. The van der Waals surface area contributed by atoms with E-state index in [9.17, 15) is 4.79 Å². The Morgan fingerprint density at radius 1 is 1.41 bits per heavy atom. The molecule has 1 aromatic carbocycles. The molecule has 1 aromatic heterocycles. The standard InChI is InChI=1S/C16H19BrN2O3/c1-19(2)13(15-5-4-8-22-15)10-18-16(20)12-9-11(17)6-7-14(12)21-3/h4-9,13H,10H2,1-3H3,(H,18,20). The van der Waals surface area contributed by atoms with E-state index in [0.29, 0.717) is 17.9 Å². The molecule has 22 heavy (non-hydrogen) atoms. The topological polar surface area (TPSA) is 54.7 Å². The van der Waals surface area contributed by atoms with Gasteiger partial charge in [0.05, 0.1) is 25.0 Å². The Hall–Kier alpha value is -1.79. The zero-order valence-corrected chi connectivity index (χ0v) is 14.4. The lowest BCUT2D eigenvalue weighted by Gasteiger charge is -2.22. The Kier molecular flexibility index (Phi) is 5.63. The van der Waals surface area contributed by atoms with Crippen LogP contribution in [0.25, 0.3) is 0 Å². The van der Waals surface area contributed by atoms with Crippen molar-refractivity contribution in [3.63, 3.8) is 0 Å². The maximum absolute atomic E-state index is 12.4. The van der Waals surface area contributed by atoms with Crippen LogP contribution in [0, 0.1) is 0 Å². The summed E-state index contributed by atoms with van der Waals surface area (Å²) >= 11 is 3.37. The molecule has 0 aliphatic heterocycles. The van der Waals surface area contributed by atoms with E-state index in [-0.39, 0.29) is 11.9 Å². The van der Waals surface area contributed by atoms with Gasteiger partial charge < -0.3 is 14.5 Å². The summed E-state index contributed by atoms with van der Waals surface area (Å²) < 4.78 is 11.5. The van der Waals surface area contributed by atoms with Gasteiger partial charge in [-0.2, -0.15) is 0 Å². The molecule has 0 aliphatic rings. The summed E-state index contributed by atoms with van der Waals surface area (Å²) in [4.78, 5) is 14.4. The Balaban J connectivity index is 2.10. The predicted octanol–water partition coefficient (Wildman–Crippen LogP) is 3.08. The summed E-state index contributed by atoms with van der Waals surface area (Å²) in [6.07, 6.45) is 1.63. The highest BCUT2D eigenvalue weighted by atomic mass is 79.9. The largest absolute Gasteiger partial charge is 0.496 e. The smallest absolute Gasteiger partial charge is 0.255 e. The van der Waals surface area contributed by atoms with Crippen LogP contribution in [0.1, 0.15) is 22.2 Å². The van der Waals surface area contributed by atoms with Crippen molar-refractivity contribution in [2.24, 2.45) is 0 Å². The number of benzene rings is 1. The van der Waals surface area contributed by atoms with Gasteiger partial charge in [-0.3, -0.25) is 9.69 Å². The number of methoxy groups -OCH3 is 1. The van der Waals surface area contributed by atoms with Crippen LogP contribution in [0.5, 0.6) is 5.75 Å². The minimum atomic E-state index is -0.184. The molecule has 1 amide bonds. The summed E-state index contributed by atoms with van der Waals surface area (Å²) in [7, 11) is 5.43. The molecule has 2 rings (SSSR count). The summed E-state index contributed by atoms with van der Waals surface area (Å²) in [5.41, 5.74) is 0.494. The van der Waals surface area contributed by atoms with Crippen LogP contribution in [0.4, 0.5) is 0 Å². The van der Waals surface area contributed by atoms with E-state index in [2.05, 4.69) is 21.2 Å². The maximum Gasteiger partial charge on any atom is 0.255 e. The molecule has 6 heteroatoms. The fraction of sp³-hybridized carbons (Fsp3) is 0.312. The van der Waals surface area contributed by atoms with E-state index in [0.717, 1.165) is 10.2 Å². The van der Waals surface area contributed by atoms with Gasteiger partial charge in [0, 0.05) is 11.0 Å². The molecular weight excluding hydrogens is 348 g/mol. The average Bonchev–Trinajstić information content (AvgIpc) is 3.01. The van der Waals surface area contributed by atoms with E-state index < -0.39 is 0 Å². The lowest BCUT2D eigenvalue weighted by Crippen LogP contribution is -2.34. The lowest BCUT2D eigenvalue weighted by atomic mass is 10.1. The summed E-state index contributed by atoms with van der Waals surface area (Å²) in [6.45, 7) is 0.439. The Labute approximate surface area is 138 Å². The number of furan rings is 1. The van der Waals surface area contributed by atoms with Crippen molar-refractivity contribution >= 4 is 21.8 Å². The Bertz CT molecular complexity index is 626. The predicted molar refractivity (Wildman–Crippen MR) is 88.2 cm³/mol. The maximum atomic E-state index is 12.4. The summed E-state index contributed by atoms with van der Waals surface area (Å²) in [5, 5.41) is 2.93. The first-order valence-electron chi connectivity index (χ1n) is 6.84. The molecule has 0 saturated carbocycles. The van der Waals surface area contributed by atoms with E-state index >= 15 is 0 Å². The van der Waals surface area contributed by atoms with Crippen LogP contribution >= 0.6 is 15.9 Å². The minimum absolute atomic E-state index is 0.0305. The molecule has 0 bridgehead atoms. The molecule has 1 atom stereocenters. The highest BCUT2D eigenvalue weighted by molar-refractivity contribution is 9.10. The monoisotopic (exact) mass is 366 g/mol. The number of carbonyl (C=O) groups excluding carboxylic acids is 1. The highest BCUT2D eigenvalue weighted by Crippen LogP contribution is 2.23. The number of halogens is 1. The zero-order chi connectivity index (χ0) is 16.1. The van der Waals surface area contributed by atoms with Crippen molar-refractivity contribution in [3.8, 4) is 5.75 Å². The fourth-order valence-electron chi connectivity index (χ4n) is 2.16. The number of rotatable bonds is 6. The molecule has 118 valence electrons. The second-order valence-electron chi connectivity index (χ2n) is 5.05. The van der Waals surface area contributed by atoms with Gasteiger partial charge in [0.1, 0.15) is 11.5 Å². The Morgan fingerprint density at radius 3 is 2.77 bits per heavy atom. The second-order valence-corrected chi connectivity index (χ2v) is 5.97. The van der Waals surface area contributed by atoms with E-state index in [1.54, 1.807) is 25.5 Å². The van der Waals surface area contributed by atoms with E-state index in [4.69, 9.17) is 9.15 Å². The van der Waals surface area contributed by atoms with E-state index in [1.165, 1.54) is 0 Å². The first-order valence-corrected chi connectivity index (χ1v) is 7.63. The van der Waals surface area contributed by atoms with Crippen LogP contribution in [0.15, 0.2) is 45.5 Å². The molecule has 0 radical (unpaired) electrons. The number of hydrogen-bond acceptors (Lipinski definition) is 4. The van der Waals surface area contributed by atoms with Gasteiger partial charge in [0.2, 0.25) is 0 Å². The van der Waals surface area contributed by atoms with Crippen molar-refractivity contribution in [2.75, 3.05) is 27.7 Å². The third kappa shape index (κ3) is 3.90. The molecule has 2 aromatic rings. The number of nitrogens with zero attached hydrogens (tertiary/aromatic N) is 1. The zero-order valence-electron chi connectivity index (χ0n) is 12.8. The van der Waals surface area contributed by atoms with Crippen LogP contribution < -0.4 is 10.1 Å². The molecule has 0 aliphatic carbocycles. The van der Waals surface area contributed by atoms with Crippen molar-refractivity contribution in [3.05, 3.63) is 52.4 Å². The number of carbonyl (C=O) groups is 1. The normalized spacial score (nSPS) is 12.2. The van der Waals surface area contributed by atoms with Gasteiger partial charge >= 0.3 is 0 Å². The SMILES string of the molecule is COc1ccc(Br)cc1C(=O)NCC(c1ccco1)N(C)C. The van der Waals surface area contributed by atoms with Crippen LogP contribution in [0.2, 0.25) is 0 Å². The summed E-state index contributed by atoms with van der Waals surface area (Å²) in [5.74, 6) is 1.17. The second kappa shape index (κ2) is 7.47. The molecule has 0 spiro atoms. The first-order chi connectivity index (χ1) is 10.5. The number of nitrogens with one attached hydrogen (secondary N) is 1. The third-order valence-corrected chi connectivity index (χ3v) is 3.85. The van der Waals surface area contributed by atoms with Crippen LogP contribution in [-0.4, -0.2) is 38.6 Å². The molecule has 5 nitrogen and oxygen atoms in total. The van der Waals surface area contributed by atoms with Gasteiger partial charge in [-0.25, -0.2) is 0 Å². The van der Waals surface area contributed by atoms with Gasteiger partial charge in [-0.05, 0) is 44.4 Å². The molecular formula is C16H19BrN2O3. The van der Waals surface area contributed by atoms with Gasteiger partial charge in [0.15, 0.2) is 0 Å². The fourth-order valence-corrected chi connectivity index (χ4v) is 2.52. The lowest BCUT2D eigenvalue weighted by molar-refractivity contribution is 0.0936. The minimum Gasteiger partial charge on any atom is -0.496 e. The van der Waals surface area contributed by atoms with Crippen LogP contribution in [-0.2, 0) is 0 Å². The van der Waals surface area contributed by atoms with Crippen molar-refractivity contribution < 1.29 is 13.9 Å². The van der Waals surface area contributed by atoms with Crippen molar-refractivity contribution in [2.45, 2.75) is 6.04 Å². The molecule has 0 saturated heterocycles. The van der Waals surface area contributed by atoms with Crippen molar-refractivity contribution in [1.29, 1.82) is 0 Å². The molecule has 1 unspecified atom stereocenters. The van der Waals surface area contributed by atoms with Gasteiger partial charge in [-0.1, -0.05) is 15.9 Å². The molecule has 0 fully saturated rings. The third-order valence-electron chi connectivity index (χ3n) is 3.36. The molecule has 1 N–H and O–H groups in total. The number of amides is 1. The number of hydrogen-bond donors (Lipinski definition) is 1. The number of likely N-dealkylation sites (N-methyl/N-ethyl adjacent to an activating group) is 1. The Morgan fingerprint density at radius 2 is 2.18 bits per heavy atom. The summed E-state index contributed by atoms with van der Waals surface area (Å²) in [6, 6.07) is 9.04. The molecule has 1 heterocycles.